The van der Waals surface area contributed by atoms with Crippen LogP contribution in [-0.2, 0) is 11.2 Å². The summed E-state index contributed by atoms with van der Waals surface area (Å²) in [6.07, 6.45) is 2.21. The van der Waals surface area contributed by atoms with E-state index in [2.05, 4.69) is 9.97 Å². The van der Waals surface area contributed by atoms with E-state index in [4.69, 9.17) is 0 Å². The van der Waals surface area contributed by atoms with Crippen LogP contribution in [0.25, 0.3) is 11.0 Å². The van der Waals surface area contributed by atoms with Crippen molar-refractivity contribution in [3.05, 3.63) is 65.7 Å². The van der Waals surface area contributed by atoms with Gasteiger partial charge in [0.05, 0.1) is 17.5 Å². The van der Waals surface area contributed by atoms with Crippen LogP contribution in [0, 0.1) is 5.82 Å². The third-order valence-electron chi connectivity index (χ3n) is 4.81. The molecule has 1 amide bonds. The van der Waals surface area contributed by atoms with Crippen LogP contribution in [0.2, 0.25) is 0 Å². The topological polar surface area (TPSA) is 49.0 Å². The Kier molecular flexibility index (Phi) is 4.22. The number of hydrogen-bond acceptors (Lipinski definition) is 2. The maximum absolute atomic E-state index is 13.3. The van der Waals surface area contributed by atoms with Crippen LogP contribution in [0.4, 0.5) is 4.39 Å². The Labute approximate surface area is 145 Å². The number of fused-ring (bicyclic) bond motifs is 1. The first-order chi connectivity index (χ1) is 12.2. The molecule has 1 aliphatic heterocycles. The van der Waals surface area contributed by atoms with Crippen LogP contribution in [0.5, 0.6) is 0 Å². The van der Waals surface area contributed by atoms with E-state index in [-0.39, 0.29) is 24.1 Å². The van der Waals surface area contributed by atoms with Crippen molar-refractivity contribution in [2.24, 2.45) is 0 Å². The lowest BCUT2D eigenvalue weighted by atomic mass is 9.96. The van der Waals surface area contributed by atoms with E-state index in [0.717, 1.165) is 41.8 Å². The van der Waals surface area contributed by atoms with Crippen LogP contribution in [0.15, 0.2) is 48.5 Å². The molecule has 3 aromatic rings. The standard InChI is InChI=1S/C20H20FN3O/c21-16-7-3-5-14(11-16)12-19(25)24-10-4-6-15(13-24)20-22-17-8-1-2-9-18(17)23-20/h1-3,5,7-9,11,15H,4,6,10,12-13H2,(H,22,23)/t15-/m0/s1. The monoisotopic (exact) mass is 337 g/mol. The number of aromatic nitrogens is 2. The van der Waals surface area contributed by atoms with Crippen LogP contribution in [-0.4, -0.2) is 33.9 Å². The van der Waals surface area contributed by atoms with Gasteiger partial charge in [0.25, 0.3) is 0 Å². The third-order valence-corrected chi connectivity index (χ3v) is 4.81. The summed E-state index contributed by atoms with van der Waals surface area (Å²) in [4.78, 5) is 22.5. The molecule has 128 valence electrons. The molecular formula is C20H20FN3O. The summed E-state index contributed by atoms with van der Waals surface area (Å²) in [5.41, 5.74) is 2.71. The predicted octanol–water partition coefficient (Wildman–Crippen LogP) is 3.65. The summed E-state index contributed by atoms with van der Waals surface area (Å²) in [6.45, 7) is 1.42. The summed E-state index contributed by atoms with van der Waals surface area (Å²) in [7, 11) is 0. The largest absolute Gasteiger partial charge is 0.342 e. The van der Waals surface area contributed by atoms with Gasteiger partial charge in [-0.2, -0.15) is 0 Å². The number of rotatable bonds is 3. The average molecular weight is 337 g/mol. The predicted molar refractivity (Wildman–Crippen MR) is 94.8 cm³/mol. The number of carbonyl (C=O) groups is 1. The Morgan fingerprint density at radius 1 is 1.24 bits per heavy atom. The Hall–Kier alpha value is -2.69. The number of benzene rings is 2. The molecule has 0 radical (unpaired) electrons. The van der Waals surface area contributed by atoms with Gasteiger partial charge in [0.2, 0.25) is 5.91 Å². The quantitative estimate of drug-likeness (QED) is 0.793. The lowest BCUT2D eigenvalue weighted by Gasteiger charge is -2.32. The number of hydrogen-bond donors (Lipinski definition) is 1. The first-order valence-electron chi connectivity index (χ1n) is 8.66. The SMILES string of the molecule is O=C(Cc1cccc(F)c1)N1CCC[C@H](c2nc3ccccc3[nH]2)C1. The molecular weight excluding hydrogens is 317 g/mol. The number of H-pyrrole nitrogens is 1. The van der Waals surface area contributed by atoms with Gasteiger partial charge in [-0.3, -0.25) is 4.79 Å². The number of piperidine rings is 1. The summed E-state index contributed by atoms with van der Waals surface area (Å²) in [6, 6.07) is 14.2. The smallest absolute Gasteiger partial charge is 0.227 e. The molecule has 0 saturated carbocycles. The highest BCUT2D eigenvalue weighted by atomic mass is 19.1. The van der Waals surface area contributed by atoms with Crippen LogP contribution in [0.1, 0.15) is 30.1 Å². The maximum Gasteiger partial charge on any atom is 0.227 e. The van der Waals surface area contributed by atoms with Crippen molar-refractivity contribution in [1.82, 2.24) is 14.9 Å². The molecule has 1 atom stereocenters. The van der Waals surface area contributed by atoms with Gasteiger partial charge in [-0.1, -0.05) is 24.3 Å². The maximum atomic E-state index is 13.3. The van der Waals surface area contributed by atoms with Gasteiger partial charge in [-0.15, -0.1) is 0 Å². The van der Waals surface area contributed by atoms with Crippen molar-refractivity contribution in [3.63, 3.8) is 0 Å². The molecule has 4 nitrogen and oxygen atoms in total. The highest BCUT2D eigenvalue weighted by molar-refractivity contribution is 5.79. The third kappa shape index (κ3) is 3.40. The van der Waals surface area contributed by atoms with Gasteiger partial charge < -0.3 is 9.88 Å². The lowest BCUT2D eigenvalue weighted by Crippen LogP contribution is -2.40. The van der Waals surface area contributed by atoms with Gasteiger partial charge in [0.1, 0.15) is 11.6 Å². The zero-order chi connectivity index (χ0) is 17.2. The second kappa shape index (κ2) is 6.67. The summed E-state index contributed by atoms with van der Waals surface area (Å²) in [5.74, 6) is 0.914. The molecule has 0 bridgehead atoms. The molecule has 5 heteroatoms. The molecule has 1 aromatic heterocycles. The minimum atomic E-state index is -0.302. The van der Waals surface area contributed by atoms with Crippen LogP contribution >= 0.6 is 0 Å². The van der Waals surface area contributed by atoms with Crippen molar-refractivity contribution in [3.8, 4) is 0 Å². The molecule has 0 spiro atoms. The fraction of sp³-hybridized carbons (Fsp3) is 0.300. The minimum Gasteiger partial charge on any atom is -0.342 e. The van der Waals surface area contributed by atoms with Crippen LogP contribution in [0.3, 0.4) is 0 Å². The molecule has 0 aliphatic carbocycles. The van der Waals surface area contributed by atoms with Crippen LogP contribution < -0.4 is 0 Å². The normalized spacial score (nSPS) is 17.8. The number of nitrogens with one attached hydrogen (secondary N) is 1. The van der Waals surface area contributed by atoms with Crippen molar-refractivity contribution in [2.75, 3.05) is 13.1 Å². The number of para-hydroxylation sites is 2. The molecule has 1 N–H and O–H groups in total. The van der Waals surface area contributed by atoms with Gasteiger partial charge in [0, 0.05) is 19.0 Å². The van der Waals surface area contributed by atoms with E-state index >= 15 is 0 Å². The van der Waals surface area contributed by atoms with Gasteiger partial charge in [-0.05, 0) is 42.7 Å². The van der Waals surface area contributed by atoms with E-state index in [1.165, 1.54) is 12.1 Å². The Bertz CT molecular complexity index is 872. The van der Waals surface area contributed by atoms with Crippen molar-refractivity contribution < 1.29 is 9.18 Å². The second-order valence-electron chi connectivity index (χ2n) is 6.62. The number of nitrogens with zero attached hydrogens (tertiary/aromatic N) is 2. The number of imidazole rings is 1. The molecule has 1 aliphatic rings. The fourth-order valence-corrected chi connectivity index (χ4v) is 3.53. The number of aromatic amines is 1. The zero-order valence-corrected chi connectivity index (χ0v) is 13.9. The van der Waals surface area contributed by atoms with E-state index in [0.29, 0.717) is 6.54 Å². The van der Waals surface area contributed by atoms with E-state index in [9.17, 15) is 9.18 Å². The number of likely N-dealkylation sites (tertiary alicyclic amines) is 1. The highest BCUT2D eigenvalue weighted by Crippen LogP contribution is 2.27. The average Bonchev–Trinajstić information content (AvgIpc) is 3.06. The van der Waals surface area contributed by atoms with Crippen molar-refractivity contribution in [2.45, 2.75) is 25.2 Å². The van der Waals surface area contributed by atoms with E-state index < -0.39 is 0 Å². The molecule has 4 rings (SSSR count). The van der Waals surface area contributed by atoms with Crippen molar-refractivity contribution in [1.29, 1.82) is 0 Å². The minimum absolute atomic E-state index is 0.0476. The first-order valence-corrected chi connectivity index (χ1v) is 8.66. The van der Waals surface area contributed by atoms with Gasteiger partial charge in [-0.25, -0.2) is 9.37 Å². The molecule has 0 unspecified atom stereocenters. The lowest BCUT2D eigenvalue weighted by molar-refractivity contribution is -0.131. The molecule has 2 heterocycles. The van der Waals surface area contributed by atoms with Gasteiger partial charge >= 0.3 is 0 Å². The summed E-state index contributed by atoms with van der Waals surface area (Å²) >= 11 is 0. The second-order valence-corrected chi connectivity index (χ2v) is 6.62. The summed E-state index contributed by atoms with van der Waals surface area (Å²) < 4.78 is 13.3. The molecule has 1 fully saturated rings. The Morgan fingerprint density at radius 3 is 2.96 bits per heavy atom. The van der Waals surface area contributed by atoms with Gasteiger partial charge in [0.15, 0.2) is 0 Å². The zero-order valence-electron chi connectivity index (χ0n) is 13.9. The summed E-state index contributed by atoms with van der Waals surface area (Å²) in [5, 5.41) is 0. The fourth-order valence-electron chi connectivity index (χ4n) is 3.53. The van der Waals surface area contributed by atoms with E-state index in [1.54, 1.807) is 12.1 Å². The molecule has 25 heavy (non-hydrogen) atoms. The molecule has 1 saturated heterocycles. The first kappa shape index (κ1) is 15.8. The number of amides is 1. The Morgan fingerprint density at radius 2 is 2.12 bits per heavy atom. The number of halogens is 1. The Balaban J connectivity index is 1.47. The molecule has 2 aromatic carbocycles. The van der Waals surface area contributed by atoms with Crippen molar-refractivity contribution >= 4 is 16.9 Å². The number of carbonyl (C=O) groups excluding carboxylic acids is 1. The highest BCUT2D eigenvalue weighted by Gasteiger charge is 2.26. The van der Waals surface area contributed by atoms with E-state index in [1.807, 2.05) is 29.2 Å².